The Morgan fingerprint density at radius 3 is 2.28 bits per heavy atom. The van der Waals surface area contributed by atoms with Crippen LogP contribution >= 0.6 is 0 Å². The van der Waals surface area contributed by atoms with E-state index in [4.69, 9.17) is 52.8 Å². The first-order valence-corrected chi connectivity index (χ1v) is 9.01. The second kappa shape index (κ2) is 7.03. The molecule has 0 aromatic carbocycles. The van der Waals surface area contributed by atoms with Crippen molar-refractivity contribution >= 4 is 64.8 Å². The van der Waals surface area contributed by atoms with Gasteiger partial charge in [-0.1, -0.05) is 22.7 Å². The van der Waals surface area contributed by atoms with Crippen LogP contribution in [0.15, 0.2) is 6.20 Å². The van der Waals surface area contributed by atoms with E-state index in [1.807, 2.05) is 20.8 Å². The Balaban J connectivity index is 2.51. The van der Waals surface area contributed by atoms with Gasteiger partial charge in [0.1, 0.15) is 13.7 Å². The summed E-state index contributed by atoms with van der Waals surface area (Å²) in [4.78, 5) is 20.2. The number of nitrogens with zero attached hydrogens (tertiary/aromatic N) is 2. The van der Waals surface area contributed by atoms with Crippen molar-refractivity contribution < 1.29 is 9.90 Å². The van der Waals surface area contributed by atoms with Crippen molar-refractivity contribution in [2.75, 3.05) is 10.6 Å². The molecule has 1 aliphatic rings. The van der Waals surface area contributed by atoms with Gasteiger partial charge in [-0.15, -0.1) is 0 Å². The topological polar surface area (TPSA) is 113 Å². The van der Waals surface area contributed by atoms with E-state index in [0.29, 0.717) is 0 Å². The van der Waals surface area contributed by atoms with Gasteiger partial charge < -0.3 is 21.5 Å². The molecule has 1 saturated carbocycles. The molecule has 0 saturated heterocycles. The fourth-order valence-corrected chi connectivity index (χ4v) is 3.19. The number of hydrogen-bond donors (Lipinski definition) is 4. The SMILES string of the molecule is [B]C1([B])CC(Nc2nc(NC(C)(C)C)ncc2C(N)=O)C([B])([B])C([B])(O)C1([B])C. The molecule has 1 fully saturated rings. The van der Waals surface area contributed by atoms with E-state index in [2.05, 4.69) is 20.6 Å². The molecule has 3 unspecified atom stereocenters. The van der Waals surface area contributed by atoms with Crippen LogP contribution in [0.25, 0.3) is 0 Å². The summed E-state index contributed by atoms with van der Waals surface area (Å²) in [7, 11) is 36.8. The maximum absolute atomic E-state index is 11.9. The molecular weight excluding hydrogens is 359 g/mol. The van der Waals surface area contributed by atoms with Crippen LogP contribution in [0.4, 0.5) is 11.8 Å². The summed E-state index contributed by atoms with van der Waals surface area (Å²) in [6, 6.07) is -1.03. The number of nitrogens with one attached hydrogen (secondary N) is 2. The Hall–Kier alpha value is -1.50. The van der Waals surface area contributed by atoms with Crippen LogP contribution in [0.3, 0.4) is 0 Å². The minimum atomic E-state index is -2.38. The molecule has 7 nitrogen and oxygen atoms in total. The van der Waals surface area contributed by atoms with Gasteiger partial charge in [-0.05, 0) is 27.2 Å². The second-order valence-corrected chi connectivity index (χ2v) is 9.04. The van der Waals surface area contributed by atoms with Gasteiger partial charge in [-0.25, -0.2) is 4.98 Å². The molecule has 2 rings (SSSR count). The third-order valence-electron chi connectivity index (χ3n) is 5.39. The zero-order chi connectivity index (χ0) is 22.6. The lowest BCUT2D eigenvalue weighted by molar-refractivity contribution is 0.0212. The number of anilines is 2. The number of aromatic nitrogens is 2. The Kier molecular flexibility index (Phi) is 5.77. The third kappa shape index (κ3) is 4.07. The summed E-state index contributed by atoms with van der Waals surface area (Å²) >= 11 is 0. The van der Waals surface area contributed by atoms with E-state index in [0.717, 1.165) is 0 Å². The van der Waals surface area contributed by atoms with Gasteiger partial charge in [-0.3, -0.25) is 4.79 Å². The molecule has 1 aromatic heterocycles. The normalized spacial score (nSPS) is 31.0. The zero-order valence-corrected chi connectivity index (χ0v) is 17.2. The van der Waals surface area contributed by atoms with E-state index in [-0.39, 0.29) is 29.3 Å². The zero-order valence-electron chi connectivity index (χ0n) is 17.2. The lowest BCUT2D eigenvalue weighted by Crippen LogP contribution is -2.67. The number of aliphatic hydroxyl groups is 1. The number of primary amides is 1. The molecule has 12 radical (unpaired) electrons. The first-order valence-electron chi connectivity index (χ1n) is 9.01. The van der Waals surface area contributed by atoms with Crippen molar-refractivity contribution in [2.24, 2.45) is 5.73 Å². The number of hydrogen-bond acceptors (Lipinski definition) is 6. The molecule has 29 heavy (non-hydrogen) atoms. The Labute approximate surface area is 180 Å². The predicted octanol–water partition coefficient (Wildman–Crippen LogP) is -0.919. The first-order chi connectivity index (χ1) is 12.8. The summed E-state index contributed by atoms with van der Waals surface area (Å²) in [6.07, 6.45) is 1.15. The molecule has 1 aromatic rings. The minimum Gasteiger partial charge on any atom is -0.401 e. The van der Waals surface area contributed by atoms with Crippen molar-refractivity contribution in [1.29, 1.82) is 0 Å². The Morgan fingerprint density at radius 1 is 1.24 bits per heavy atom. The molecular formula is C16H21B6N5O2. The molecule has 3 atom stereocenters. The summed E-state index contributed by atoms with van der Waals surface area (Å²) in [6.45, 7) is 7.09. The van der Waals surface area contributed by atoms with Gasteiger partial charge in [0, 0.05) is 23.3 Å². The number of amides is 1. The molecule has 13 heteroatoms. The van der Waals surface area contributed by atoms with Crippen LogP contribution in [0, 0.1) is 0 Å². The lowest BCUT2D eigenvalue weighted by Gasteiger charge is -2.67. The Morgan fingerprint density at radius 2 is 1.79 bits per heavy atom. The smallest absolute Gasteiger partial charge is 0.254 e. The number of carbonyl (C=O) groups excluding carboxylic acids is 1. The second-order valence-electron chi connectivity index (χ2n) is 9.04. The quantitative estimate of drug-likeness (QED) is 0.503. The van der Waals surface area contributed by atoms with Crippen molar-refractivity contribution in [3.8, 4) is 0 Å². The highest BCUT2D eigenvalue weighted by Crippen LogP contribution is 2.65. The average molecular weight is 380 g/mol. The van der Waals surface area contributed by atoms with E-state index >= 15 is 0 Å². The maximum atomic E-state index is 11.9. The van der Waals surface area contributed by atoms with E-state index in [1.54, 1.807) is 0 Å². The van der Waals surface area contributed by atoms with Gasteiger partial charge in [0.2, 0.25) is 5.95 Å². The van der Waals surface area contributed by atoms with Crippen LogP contribution in [-0.4, -0.2) is 85.1 Å². The standard InChI is InChI=1S/C16H21B6N5O2/c1-12(2,3)27-11-24-6-7(9(23)28)10(26-11)25-8-5-14(18,19)13(4,17)16(22,29)15(8,20)21/h6,8,29H,5H2,1-4H3,(H2,23,28)(H2,24,25,26,27). The predicted molar refractivity (Wildman–Crippen MR) is 119 cm³/mol. The molecule has 0 bridgehead atoms. The van der Waals surface area contributed by atoms with Crippen molar-refractivity contribution in [2.45, 2.75) is 66.9 Å². The van der Waals surface area contributed by atoms with Gasteiger partial charge in [-0.2, -0.15) is 4.98 Å². The maximum Gasteiger partial charge on any atom is 0.254 e. The lowest BCUT2D eigenvalue weighted by atomic mass is 9.18. The molecule has 0 aliphatic heterocycles. The summed E-state index contributed by atoms with van der Waals surface area (Å²) in [5, 5.41) is 11.4. The fraction of sp³-hybridized carbons (Fsp3) is 0.688. The highest BCUT2D eigenvalue weighted by atomic mass is 16.3. The van der Waals surface area contributed by atoms with Crippen molar-refractivity contribution in [3.63, 3.8) is 0 Å². The van der Waals surface area contributed by atoms with Crippen LogP contribution < -0.4 is 16.4 Å². The Bertz CT molecular complexity index is 809. The number of carbonyl (C=O) groups is 1. The van der Waals surface area contributed by atoms with Gasteiger partial charge in [0.25, 0.3) is 5.91 Å². The highest BCUT2D eigenvalue weighted by Gasteiger charge is 2.61. The van der Waals surface area contributed by atoms with Gasteiger partial charge >= 0.3 is 0 Å². The van der Waals surface area contributed by atoms with Crippen LogP contribution in [0.1, 0.15) is 44.5 Å². The van der Waals surface area contributed by atoms with Crippen molar-refractivity contribution in [1.82, 2.24) is 9.97 Å². The van der Waals surface area contributed by atoms with Crippen molar-refractivity contribution in [3.05, 3.63) is 11.8 Å². The van der Waals surface area contributed by atoms with Gasteiger partial charge in [0.05, 0.1) is 44.8 Å². The average Bonchev–Trinajstić information content (AvgIpc) is 2.50. The van der Waals surface area contributed by atoms with Crippen LogP contribution in [0.2, 0.25) is 15.7 Å². The largest absolute Gasteiger partial charge is 0.401 e. The minimum absolute atomic E-state index is 0.0248. The molecule has 140 valence electrons. The molecule has 1 aliphatic carbocycles. The van der Waals surface area contributed by atoms with E-state index in [9.17, 15) is 9.90 Å². The van der Waals surface area contributed by atoms with E-state index in [1.165, 1.54) is 13.1 Å². The number of rotatable bonds is 4. The third-order valence-corrected chi connectivity index (χ3v) is 5.39. The highest BCUT2D eigenvalue weighted by molar-refractivity contribution is 6.52. The summed E-state index contributed by atoms with van der Waals surface area (Å²) < 4.78 is 0. The summed E-state index contributed by atoms with van der Waals surface area (Å²) in [5.41, 5.74) is 2.66. The van der Waals surface area contributed by atoms with Crippen LogP contribution in [0.5, 0.6) is 0 Å². The molecule has 0 spiro atoms. The van der Waals surface area contributed by atoms with Crippen LogP contribution in [-0.2, 0) is 0 Å². The first kappa shape index (κ1) is 23.8. The molecule has 1 heterocycles. The van der Waals surface area contributed by atoms with Gasteiger partial charge in [0.15, 0.2) is 0 Å². The molecule has 5 N–H and O–H groups in total. The monoisotopic (exact) mass is 381 g/mol. The summed E-state index contributed by atoms with van der Waals surface area (Å²) in [5.74, 6) is -0.542. The number of nitrogens with two attached hydrogens (primary N) is 1. The molecule has 1 amide bonds. The fourth-order valence-electron chi connectivity index (χ4n) is 3.19. The van der Waals surface area contributed by atoms with E-state index < -0.39 is 33.2 Å².